The molecule has 1 saturated heterocycles. The van der Waals surface area contributed by atoms with Gasteiger partial charge in [0, 0.05) is 18.5 Å². The average Bonchev–Trinajstić information content (AvgIpc) is 3.33. The van der Waals surface area contributed by atoms with E-state index in [2.05, 4.69) is 17.1 Å². The molecule has 0 aliphatic carbocycles. The zero-order chi connectivity index (χ0) is 21.6. The largest absolute Gasteiger partial charge is 0.497 e. The maximum Gasteiger partial charge on any atom is 0.273 e. The molecule has 0 N–H and O–H groups in total. The minimum Gasteiger partial charge on any atom is -0.497 e. The summed E-state index contributed by atoms with van der Waals surface area (Å²) in [4.78, 5) is 19.5. The topological polar surface area (TPSA) is 51.7 Å². The fourth-order valence-corrected chi connectivity index (χ4v) is 4.89. The van der Waals surface area contributed by atoms with Crippen LogP contribution >= 0.6 is 11.3 Å². The maximum atomic E-state index is 13.0. The second kappa shape index (κ2) is 9.96. The molecule has 162 valence electrons. The van der Waals surface area contributed by atoms with E-state index in [1.807, 2.05) is 46.7 Å². The van der Waals surface area contributed by atoms with Crippen molar-refractivity contribution in [3.8, 4) is 22.1 Å². The van der Waals surface area contributed by atoms with Gasteiger partial charge in [-0.05, 0) is 61.4 Å². The lowest BCUT2D eigenvalue weighted by Gasteiger charge is -2.31. The Bertz CT molecular complexity index is 1010. The van der Waals surface area contributed by atoms with Crippen molar-refractivity contribution in [1.29, 1.82) is 0 Å². The van der Waals surface area contributed by atoms with Gasteiger partial charge in [0.1, 0.15) is 22.2 Å². The van der Waals surface area contributed by atoms with Crippen LogP contribution in [0.5, 0.6) is 11.5 Å². The van der Waals surface area contributed by atoms with E-state index in [4.69, 9.17) is 9.47 Å². The van der Waals surface area contributed by atoms with Gasteiger partial charge in [-0.2, -0.15) is 0 Å². The third-order valence-electron chi connectivity index (χ3n) is 5.96. The molecule has 1 amide bonds. The molecule has 1 fully saturated rings. The van der Waals surface area contributed by atoms with Gasteiger partial charge in [0.2, 0.25) is 0 Å². The lowest BCUT2D eigenvalue weighted by Crippen LogP contribution is -2.38. The number of para-hydroxylation sites is 1. The highest BCUT2D eigenvalue weighted by atomic mass is 32.1. The van der Waals surface area contributed by atoms with Gasteiger partial charge in [-0.15, -0.1) is 11.3 Å². The first-order chi connectivity index (χ1) is 15.2. The molecule has 0 spiro atoms. The van der Waals surface area contributed by atoms with Crippen molar-refractivity contribution in [3.05, 3.63) is 65.2 Å². The van der Waals surface area contributed by atoms with Gasteiger partial charge in [-0.25, -0.2) is 4.98 Å². The van der Waals surface area contributed by atoms with Crippen LogP contribution in [0.4, 0.5) is 0 Å². The summed E-state index contributed by atoms with van der Waals surface area (Å²) in [6, 6.07) is 16.1. The molecule has 0 atom stereocenters. The first-order valence-corrected chi connectivity index (χ1v) is 11.6. The van der Waals surface area contributed by atoms with Crippen molar-refractivity contribution in [1.82, 2.24) is 9.88 Å². The summed E-state index contributed by atoms with van der Waals surface area (Å²) >= 11 is 1.49. The molecule has 1 aromatic heterocycles. The van der Waals surface area contributed by atoms with Crippen LogP contribution < -0.4 is 9.47 Å². The van der Waals surface area contributed by atoms with Gasteiger partial charge in [0.25, 0.3) is 5.91 Å². The number of carbonyl (C=O) groups excluding carboxylic acids is 1. The van der Waals surface area contributed by atoms with Gasteiger partial charge in [0.05, 0.1) is 19.8 Å². The molecule has 2 heterocycles. The van der Waals surface area contributed by atoms with Crippen LogP contribution in [0.15, 0.2) is 53.9 Å². The van der Waals surface area contributed by atoms with Crippen molar-refractivity contribution in [2.45, 2.75) is 25.7 Å². The molecular formula is C25H28N2O3S. The molecule has 0 saturated carbocycles. The van der Waals surface area contributed by atoms with E-state index in [-0.39, 0.29) is 5.91 Å². The lowest BCUT2D eigenvalue weighted by atomic mass is 9.90. The van der Waals surface area contributed by atoms with Gasteiger partial charge in [-0.3, -0.25) is 4.79 Å². The van der Waals surface area contributed by atoms with Crippen LogP contribution in [0.25, 0.3) is 10.6 Å². The number of likely N-dealkylation sites (tertiary alicyclic amines) is 1. The van der Waals surface area contributed by atoms with Gasteiger partial charge >= 0.3 is 0 Å². The summed E-state index contributed by atoms with van der Waals surface area (Å²) in [5.74, 6) is 2.36. The second-order valence-corrected chi connectivity index (χ2v) is 8.72. The number of methoxy groups -OCH3 is 2. The number of hydrogen-bond acceptors (Lipinski definition) is 5. The summed E-state index contributed by atoms with van der Waals surface area (Å²) in [5, 5.41) is 2.68. The van der Waals surface area contributed by atoms with E-state index >= 15 is 0 Å². The van der Waals surface area contributed by atoms with Crippen molar-refractivity contribution in [2.75, 3.05) is 27.3 Å². The van der Waals surface area contributed by atoms with Crippen molar-refractivity contribution < 1.29 is 14.3 Å². The van der Waals surface area contributed by atoms with Crippen LogP contribution in [0.1, 0.15) is 35.3 Å². The number of aromatic nitrogens is 1. The van der Waals surface area contributed by atoms with Crippen LogP contribution in [0.3, 0.4) is 0 Å². The highest BCUT2D eigenvalue weighted by molar-refractivity contribution is 7.13. The van der Waals surface area contributed by atoms with E-state index in [0.29, 0.717) is 11.6 Å². The molecule has 1 aliphatic heterocycles. The highest BCUT2D eigenvalue weighted by Gasteiger charge is 2.25. The fourth-order valence-electron chi connectivity index (χ4n) is 4.07. The zero-order valence-electron chi connectivity index (χ0n) is 18.0. The van der Waals surface area contributed by atoms with Crippen LogP contribution in [-0.2, 0) is 6.42 Å². The third-order valence-corrected chi connectivity index (χ3v) is 6.84. The van der Waals surface area contributed by atoms with Gasteiger partial charge in [0.15, 0.2) is 0 Å². The maximum absolute atomic E-state index is 13.0. The number of thiazole rings is 1. The van der Waals surface area contributed by atoms with Crippen molar-refractivity contribution in [3.63, 3.8) is 0 Å². The molecule has 1 aliphatic rings. The number of benzene rings is 2. The number of rotatable bonds is 7. The van der Waals surface area contributed by atoms with Crippen LogP contribution in [0, 0.1) is 5.92 Å². The Labute approximate surface area is 187 Å². The summed E-state index contributed by atoms with van der Waals surface area (Å²) in [7, 11) is 3.34. The Morgan fingerprint density at radius 3 is 2.52 bits per heavy atom. The highest BCUT2D eigenvalue weighted by Crippen LogP contribution is 2.32. The minimum atomic E-state index is 0.0333. The molecule has 0 unspecified atom stereocenters. The number of ether oxygens (including phenoxy) is 2. The van der Waals surface area contributed by atoms with E-state index in [0.717, 1.165) is 60.8 Å². The smallest absolute Gasteiger partial charge is 0.273 e. The van der Waals surface area contributed by atoms with Crippen LogP contribution in [0.2, 0.25) is 0 Å². The van der Waals surface area contributed by atoms with Gasteiger partial charge < -0.3 is 14.4 Å². The predicted octanol–water partition coefficient (Wildman–Crippen LogP) is 5.31. The minimum absolute atomic E-state index is 0.0333. The molecule has 3 aromatic rings. The van der Waals surface area contributed by atoms with E-state index in [1.54, 1.807) is 14.2 Å². The SMILES string of the molecule is COc1ccc(CCC2CCN(C(=O)c3csc(-c4ccccc4OC)n3)CC2)cc1. The molecule has 4 rings (SSSR count). The summed E-state index contributed by atoms with van der Waals surface area (Å²) in [6.45, 7) is 1.60. The Balaban J connectivity index is 1.30. The Kier molecular flexibility index (Phi) is 6.87. The first-order valence-electron chi connectivity index (χ1n) is 10.7. The quantitative estimate of drug-likeness (QED) is 0.503. The zero-order valence-corrected chi connectivity index (χ0v) is 18.9. The predicted molar refractivity (Wildman–Crippen MR) is 124 cm³/mol. The number of piperidine rings is 1. The monoisotopic (exact) mass is 436 g/mol. The Morgan fingerprint density at radius 2 is 1.81 bits per heavy atom. The van der Waals surface area contributed by atoms with E-state index in [9.17, 15) is 4.79 Å². The number of carbonyl (C=O) groups is 1. The van der Waals surface area contributed by atoms with E-state index in [1.165, 1.54) is 16.9 Å². The normalized spacial score (nSPS) is 14.5. The Morgan fingerprint density at radius 1 is 1.06 bits per heavy atom. The fraction of sp³-hybridized carbons (Fsp3) is 0.360. The number of amides is 1. The van der Waals surface area contributed by atoms with E-state index < -0.39 is 0 Å². The number of nitrogens with zero attached hydrogens (tertiary/aromatic N) is 2. The summed E-state index contributed by atoms with van der Waals surface area (Å²) in [5.41, 5.74) is 2.79. The Hall–Kier alpha value is -2.86. The van der Waals surface area contributed by atoms with Crippen molar-refractivity contribution >= 4 is 17.2 Å². The standard InChI is InChI=1S/C25H28N2O3S/c1-29-20-11-9-18(10-12-20)7-8-19-13-15-27(16-14-19)25(28)22-17-31-24(26-22)21-5-3-4-6-23(21)30-2/h3-6,9-12,17,19H,7-8,13-16H2,1-2H3. The molecule has 0 bridgehead atoms. The molecule has 2 aromatic carbocycles. The molecular weight excluding hydrogens is 408 g/mol. The van der Waals surface area contributed by atoms with Crippen molar-refractivity contribution in [2.24, 2.45) is 5.92 Å². The number of hydrogen-bond donors (Lipinski definition) is 0. The summed E-state index contributed by atoms with van der Waals surface area (Å²) in [6.07, 6.45) is 4.32. The number of aryl methyl sites for hydroxylation is 1. The van der Waals surface area contributed by atoms with Crippen LogP contribution in [-0.4, -0.2) is 43.1 Å². The molecule has 0 radical (unpaired) electrons. The molecule has 5 nitrogen and oxygen atoms in total. The first kappa shape index (κ1) is 21.4. The average molecular weight is 437 g/mol. The van der Waals surface area contributed by atoms with Gasteiger partial charge in [-0.1, -0.05) is 24.3 Å². The lowest BCUT2D eigenvalue weighted by molar-refractivity contribution is 0.0682. The second-order valence-electron chi connectivity index (χ2n) is 7.86. The third kappa shape index (κ3) is 5.07. The molecule has 6 heteroatoms. The molecule has 31 heavy (non-hydrogen) atoms. The summed E-state index contributed by atoms with van der Waals surface area (Å²) < 4.78 is 10.7.